The molecule has 0 aliphatic heterocycles. The Morgan fingerprint density at radius 3 is 2.39 bits per heavy atom. The van der Waals surface area contributed by atoms with E-state index >= 15 is 0 Å². The molecule has 18 heavy (non-hydrogen) atoms. The van der Waals surface area contributed by atoms with Gasteiger partial charge in [0.1, 0.15) is 12.4 Å². The molecule has 2 aromatic rings. The normalized spacial score (nSPS) is 10.7. The van der Waals surface area contributed by atoms with Gasteiger partial charge >= 0.3 is 0 Å². The number of para-hydroxylation sites is 1. The first kappa shape index (κ1) is 12.8. The fourth-order valence-electron chi connectivity index (χ4n) is 1.73. The van der Waals surface area contributed by atoms with Crippen LogP contribution in [0.2, 0.25) is 0 Å². The minimum Gasteiger partial charge on any atom is -0.489 e. The van der Waals surface area contributed by atoms with Gasteiger partial charge < -0.3 is 4.74 Å². The number of rotatable bonds is 5. The van der Waals surface area contributed by atoms with Crippen molar-refractivity contribution >= 4 is 12.6 Å². The average molecular weight is 256 g/mol. The summed E-state index contributed by atoms with van der Waals surface area (Å²) in [6.45, 7) is 0.574. The van der Waals surface area contributed by atoms with E-state index in [1.807, 2.05) is 48.6 Å². The molecule has 0 fully saturated rings. The molecule has 0 spiro atoms. The van der Waals surface area contributed by atoms with Crippen molar-refractivity contribution in [3.8, 4) is 16.9 Å². The second kappa shape index (κ2) is 6.92. The van der Waals surface area contributed by atoms with Crippen LogP contribution in [0.5, 0.6) is 5.75 Å². The molecule has 0 aliphatic rings. The van der Waals surface area contributed by atoms with Crippen molar-refractivity contribution in [2.24, 2.45) is 0 Å². The van der Waals surface area contributed by atoms with Crippen LogP contribution in [0.4, 0.5) is 0 Å². The van der Waals surface area contributed by atoms with Crippen LogP contribution in [0, 0.1) is 0 Å². The molecule has 0 aliphatic carbocycles. The third kappa shape index (κ3) is 3.41. The van der Waals surface area contributed by atoms with E-state index in [0.717, 1.165) is 17.1 Å². The van der Waals surface area contributed by atoms with E-state index in [1.165, 1.54) is 5.56 Å². The molecule has 0 saturated heterocycles. The number of benzene rings is 2. The zero-order valence-electron chi connectivity index (χ0n) is 10.1. The van der Waals surface area contributed by atoms with Gasteiger partial charge in [-0.2, -0.15) is 12.6 Å². The SMILES string of the molecule is SCC=CCOc1ccccc1-c1ccccc1. The van der Waals surface area contributed by atoms with Crippen LogP contribution in [0.15, 0.2) is 66.7 Å². The lowest BCUT2D eigenvalue weighted by Crippen LogP contribution is -1.95. The van der Waals surface area contributed by atoms with Gasteiger partial charge in [0.15, 0.2) is 0 Å². The first-order valence-corrected chi connectivity index (χ1v) is 6.58. The topological polar surface area (TPSA) is 9.23 Å². The Hall–Kier alpha value is -1.67. The van der Waals surface area contributed by atoms with E-state index in [4.69, 9.17) is 4.74 Å². The summed E-state index contributed by atoms with van der Waals surface area (Å²) in [4.78, 5) is 0. The predicted molar refractivity (Wildman–Crippen MR) is 80.4 cm³/mol. The van der Waals surface area contributed by atoms with Crippen molar-refractivity contribution in [2.45, 2.75) is 0 Å². The average Bonchev–Trinajstić information content (AvgIpc) is 2.45. The molecule has 0 amide bonds. The molecule has 2 aromatic carbocycles. The molecule has 0 aromatic heterocycles. The maximum Gasteiger partial charge on any atom is 0.127 e. The van der Waals surface area contributed by atoms with Crippen LogP contribution >= 0.6 is 12.6 Å². The van der Waals surface area contributed by atoms with Gasteiger partial charge in [0, 0.05) is 11.3 Å². The Balaban J connectivity index is 2.18. The van der Waals surface area contributed by atoms with Crippen LogP contribution in [0.25, 0.3) is 11.1 Å². The molecule has 0 N–H and O–H groups in total. The zero-order valence-corrected chi connectivity index (χ0v) is 11.0. The van der Waals surface area contributed by atoms with Crippen molar-refractivity contribution in [1.29, 1.82) is 0 Å². The van der Waals surface area contributed by atoms with Crippen molar-refractivity contribution < 1.29 is 4.74 Å². The monoisotopic (exact) mass is 256 g/mol. The summed E-state index contributed by atoms with van der Waals surface area (Å²) >= 11 is 4.12. The Morgan fingerprint density at radius 1 is 0.889 bits per heavy atom. The summed E-state index contributed by atoms with van der Waals surface area (Å²) in [5, 5.41) is 0. The fraction of sp³-hybridized carbons (Fsp3) is 0.125. The Bertz CT molecular complexity index is 506. The van der Waals surface area contributed by atoms with E-state index in [2.05, 4.69) is 30.8 Å². The van der Waals surface area contributed by atoms with E-state index in [0.29, 0.717) is 6.61 Å². The van der Waals surface area contributed by atoms with Crippen molar-refractivity contribution in [2.75, 3.05) is 12.4 Å². The number of hydrogen-bond acceptors (Lipinski definition) is 2. The van der Waals surface area contributed by atoms with Gasteiger partial charge in [0.25, 0.3) is 0 Å². The Labute approximate surface area is 114 Å². The molecule has 0 heterocycles. The molecule has 92 valence electrons. The summed E-state index contributed by atoms with van der Waals surface area (Å²) in [7, 11) is 0. The molecular formula is C16H16OS. The first-order valence-electron chi connectivity index (χ1n) is 5.95. The lowest BCUT2D eigenvalue weighted by Gasteiger charge is -2.10. The molecule has 0 atom stereocenters. The van der Waals surface area contributed by atoms with Gasteiger partial charge in [-0.3, -0.25) is 0 Å². The van der Waals surface area contributed by atoms with Gasteiger partial charge in [0.05, 0.1) is 0 Å². The second-order valence-corrected chi connectivity index (χ2v) is 4.19. The largest absolute Gasteiger partial charge is 0.489 e. The van der Waals surface area contributed by atoms with E-state index in [-0.39, 0.29) is 0 Å². The number of thiol groups is 1. The van der Waals surface area contributed by atoms with Crippen LogP contribution in [0.3, 0.4) is 0 Å². The highest BCUT2D eigenvalue weighted by molar-refractivity contribution is 7.80. The van der Waals surface area contributed by atoms with Crippen LogP contribution in [0.1, 0.15) is 0 Å². The molecule has 2 heteroatoms. The molecular weight excluding hydrogens is 240 g/mol. The molecule has 0 unspecified atom stereocenters. The van der Waals surface area contributed by atoms with Gasteiger partial charge in [-0.15, -0.1) is 0 Å². The zero-order chi connectivity index (χ0) is 12.6. The predicted octanol–water partition coefficient (Wildman–Crippen LogP) is 4.22. The smallest absolute Gasteiger partial charge is 0.127 e. The minimum absolute atomic E-state index is 0.574. The highest BCUT2D eigenvalue weighted by Gasteiger charge is 2.03. The number of hydrogen-bond donors (Lipinski definition) is 1. The van der Waals surface area contributed by atoms with E-state index in [9.17, 15) is 0 Å². The Kier molecular flexibility index (Phi) is 4.91. The molecule has 1 nitrogen and oxygen atoms in total. The summed E-state index contributed by atoms with van der Waals surface area (Å²) in [5.74, 6) is 1.65. The van der Waals surface area contributed by atoms with Crippen molar-refractivity contribution in [3.05, 3.63) is 66.7 Å². The first-order chi connectivity index (χ1) is 8.92. The Morgan fingerprint density at radius 2 is 1.61 bits per heavy atom. The highest BCUT2D eigenvalue weighted by Crippen LogP contribution is 2.29. The van der Waals surface area contributed by atoms with E-state index in [1.54, 1.807) is 0 Å². The van der Waals surface area contributed by atoms with Gasteiger partial charge in [0.2, 0.25) is 0 Å². The fourth-order valence-corrected chi connectivity index (χ4v) is 1.88. The van der Waals surface area contributed by atoms with Gasteiger partial charge in [-0.25, -0.2) is 0 Å². The maximum atomic E-state index is 5.77. The maximum absolute atomic E-state index is 5.77. The highest BCUT2D eigenvalue weighted by atomic mass is 32.1. The summed E-state index contributed by atoms with van der Waals surface area (Å²) in [6.07, 6.45) is 3.96. The lowest BCUT2D eigenvalue weighted by atomic mass is 10.1. The van der Waals surface area contributed by atoms with Gasteiger partial charge in [-0.05, 0) is 11.6 Å². The molecule has 0 bridgehead atoms. The second-order valence-electron chi connectivity index (χ2n) is 3.83. The third-order valence-corrected chi connectivity index (χ3v) is 2.79. The quantitative estimate of drug-likeness (QED) is 0.622. The van der Waals surface area contributed by atoms with Crippen LogP contribution in [-0.2, 0) is 0 Å². The van der Waals surface area contributed by atoms with Crippen LogP contribution in [-0.4, -0.2) is 12.4 Å². The van der Waals surface area contributed by atoms with Crippen molar-refractivity contribution in [3.63, 3.8) is 0 Å². The summed E-state index contributed by atoms with van der Waals surface area (Å²) in [6, 6.07) is 18.4. The van der Waals surface area contributed by atoms with Gasteiger partial charge in [-0.1, -0.05) is 60.7 Å². The number of ether oxygens (including phenoxy) is 1. The molecule has 0 radical (unpaired) electrons. The summed E-state index contributed by atoms with van der Waals surface area (Å²) in [5.41, 5.74) is 2.30. The third-order valence-electron chi connectivity index (χ3n) is 2.58. The lowest BCUT2D eigenvalue weighted by molar-refractivity contribution is 0.364. The standard InChI is InChI=1S/C16H16OS/c18-13-7-6-12-17-16-11-5-4-10-15(16)14-8-2-1-3-9-14/h1-11,18H,12-13H2. The minimum atomic E-state index is 0.574. The molecule has 2 rings (SSSR count). The molecule has 0 saturated carbocycles. The van der Waals surface area contributed by atoms with Crippen LogP contribution < -0.4 is 4.74 Å². The van der Waals surface area contributed by atoms with Crippen molar-refractivity contribution in [1.82, 2.24) is 0 Å². The summed E-state index contributed by atoms with van der Waals surface area (Å²) < 4.78 is 5.77. The van der Waals surface area contributed by atoms with E-state index < -0.39 is 0 Å².